The van der Waals surface area contributed by atoms with Gasteiger partial charge in [-0.15, -0.1) is 0 Å². The van der Waals surface area contributed by atoms with Gasteiger partial charge in [-0.3, -0.25) is 14.4 Å². The number of ether oxygens (including phenoxy) is 2. The fourth-order valence-electron chi connectivity index (χ4n) is 2.35. The Kier molecular flexibility index (Phi) is 6.26. The molecule has 25 heavy (non-hydrogen) atoms. The summed E-state index contributed by atoms with van der Waals surface area (Å²) in [5.41, 5.74) is -1.29. The number of amides is 2. The lowest BCUT2D eigenvalue weighted by molar-refractivity contribution is -0.182. The van der Waals surface area contributed by atoms with Crippen molar-refractivity contribution in [3.05, 3.63) is 28.2 Å². The normalized spacial score (nSPS) is 20.2. The van der Waals surface area contributed by atoms with Crippen LogP contribution in [-0.2, 0) is 23.9 Å². The monoisotopic (exact) mass is 388 g/mol. The lowest BCUT2D eigenvalue weighted by Crippen LogP contribution is -2.64. The average Bonchev–Trinajstić information content (AvgIpc) is 2.44. The molecule has 1 saturated heterocycles. The number of benzene rings is 1. The highest BCUT2D eigenvalue weighted by Gasteiger charge is 2.53. The number of rotatable bonds is 6. The van der Waals surface area contributed by atoms with Crippen molar-refractivity contribution in [2.24, 2.45) is 0 Å². The maximum atomic E-state index is 12.6. The molecule has 0 aliphatic carbocycles. The summed E-state index contributed by atoms with van der Waals surface area (Å²) in [4.78, 5) is 36.3. The van der Waals surface area contributed by atoms with Gasteiger partial charge in [0.25, 0.3) is 11.8 Å². The van der Waals surface area contributed by atoms with Crippen molar-refractivity contribution in [3.63, 3.8) is 0 Å². The Morgan fingerprint density at radius 2 is 1.84 bits per heavy atom. The summed E-state index contributed by atoms with van der Waals surface area (Å²) in [6, 6.07) is 4.04. The van der Waals surface area contributed by atoms with Crippen molar-refractivity contribution in [2.45, 2.75) is 31.4 Å². The standard InChI is InChI=1S/C16H18Cl2N2O5/c1-9(5-13(21)24-2)19-14(22)16(3-4-25-16)15(23)20-12-7-10(17)6-11(18)8-12/h6-9H,3-5H2,1-2H3,(H,19,22)(H,20,23). The molecule has 0 spiro atoms. The molecule has 1 aromatic rings. The van der Waals surface area contributed by atoms with Gasteiger partial charge in [-0.05, 0) is 25.1 Å². The van der Waals surface area contributed by atoms with Crippen LogP contribution in [0.2, 0.25) is 10.0 Å². The number of anilines is 1. The Labute approximate surface area is 154 Å². The number of hydrogen-bond acceptors (Lipinski definition) is 5. The molecular weight excluding hydrogens is 371 g/mol. The lowest BCUT2D eigenvalue weighted by atomic mass is 9.91. The van der Waals surface area contributed by atoms with Crippen LogP contribution in [0.15, 0.2) is 18.2 Å². The summed E-state index contributed by atoms with van der Waals surface area (Å²) >= 11 is 11.8. The molecule has 0 saturated carbocycles. The van der Waals surface area contributed by atoms with E-state index in [1.54, 1.807) is 6.92 Å². The first-order valence-corrected chi connectivity index (χ1v) is 8.31. The average molecular weight is 389 g/mol. The predicted molar refractivity (Wildman–Crippen MR) is 92.6 cm³/mol. The van der Waals surface area contributed by atoms with Crippen LogP contribution in [-0.4, -0.2) is 43.1 Å². The predicted octanol–water partition coefficient (Wildman–Crippen LogP) is 2.16. The number of halogens is 2. The highest BCUT2D eigenvalue weighted by Crippen LogP contribution is 2.30. The molecular formula is C16H18Cl2N2O5. The van der Waals surface area contributed by atoms with Crippen molar-refractivity contribution < 1.29 is 23.9 Å². The molecule has 9 heteroatoms. The van der Waals surface area contributed by atoms with Crippen molar-refractivity contribution in [1.29, 1.82) is 0 Å². The number of nitrogens with one attached hydrogen (secondary N) is 2. The van der Waals surface area contributed by atoms with E-state index in [0.717, 1.165) is 0 Å². The van der Waals surface area contributed by atoms with Gasteiger partial charge in [-0.2, -0.15) is 0 Å². The molecule has 1 aliphatic heterocycles. The zero-order valence-electron chi connectivity index (χ0n) is 13.7. The van der Waals surface area contributed by atoms with Gasteiger partial charge in [-0.25, -0.2) is 0 Å². The molecule has 136 valence electrons. The van der Waals surface area contributed by atoms with E-state index < -0.39 is 29.4 Å². The van der Waals surface area contributed by atoms with Crippen molar-refractivity contribution >= 4 is 46.7 Å². The third-order valence-corrected chi connectivity index (χ3v) is 4.17. The van der Waals surface area contributed by atoms with Gasteiger partial charge in [0.15, 0.2) is 0 Å². The Hall–Kier alpha value is -1.83. The minimum Gasteiger partial charge on any atom is -0.469 e. The Balaban J connectivity index is 2.06. The molecule has 2 amide bonds. The van der Waals surface area contributed by atoms with Gasteiger partial charge in [-0.1, -0.05) is 23.2 Å². The van der Waals surface area contributed by atoms with Crippen molar-refractivity contribution in [2.75, 3.05) is 19.0 Å². The van der Waals surface area contributed by atoms with Crippen LogP contribution in [0, 0.1) is 0 Å². The van der Waals surface area contributed by atoms with E-state index >= 15 is 0 Å². The first-order valence-electron chi connectivity index (χ1n) is 7.56. The van der Waals surface area contributed by atoms with E-state index in [4.69, 9.17) is 27.9 Å². The first kappa shape index (κ1) is 19.5. The molecule has 2 atom stereocenters. The van der Waals surface area contributed by atoms with Crippen LogP contribution in [0.3, 0.4) is 0 Å². The second-order valence-electron chi connectivity index (χ2n) is 5.69. The summed E-state index contributed by atoms with van der Waals surface area (Å²) in [5.74, 6) is -1.70. The molecule has 0 aromatic heterocycles. The summed E-state index contributed by atoms with van der Waals surface area (Å²) in [5, 5.41) is 5.89. The van der Waals surface area contributed by atoms with E-state index in [-0.39, 0.29) is 19.4 Å². The Bertz CT molecular complexity index is 671. The van der Waals surface area contributed by atoms with Crippen LogP contribution in [0.4, 0.5) is 5.69 Å². The quantitative estimate of drug-likeness (QED) is 0.575. The number of methoxy groups -OCH3 is 1. The fourth-order valence-corrected chi connectivity index (χ4v) is 2.88. The summed E-state index contributed by atoms with van der Waals surface area (Å²) < 4.78 is 9.85. The first-order chi connectivity index (χ1) is 11.8. The number of esters is 1. The molecule has 1 aromatic carbocycles. The van der Waals surface area contributed by atoms with E-state index in [2.05, 4.69) is 15.4 Å². The van der Waals surface area contributed by atoms with Gasteiger partial charge in [0, 0.05) is 28.2 Å². The molecule has 1 aliphatic rings. The Morgan fingerprint density at radius 1 is 1.24 bits per heavy atom. The minimum absolute atomic E-state index is 0.0101. The maximum Gasteiger partial charge on any atom is 0.307 e. The highest BCUT2D eigenvalue weighted by molar-refractivity contribution is 6.35. The van der Waals surface area contributed by atoms with E-state index in [1.807, 2.05) is 0 Å². The van der Waals surface area contributed by atoms with Gasteiger partial charge >= 0.3 is 5.97 Å². The summed E-state index contributed by atoms with van der Waals surface area (Å²) in [7, 11) is 1.26. The molecule has 1 fully saturated rings. The van der Waals surface area contributed by atoms with Crippen LogP contribution in [0.1, 0.15) is 19.8 Å². The van der Waals surface area contributed by atoms with Gasteiger partial charge in [0.05, 0.1) is 20.1 Å². The number of hydrogen-bond donors (Lipinski definition) is 2. The van der Waals surface area contributed by atoms with E-state index in [1.165, 1.54) is 25.3 Å². The zero-order valence-corrected chi connectivity index (χ0v) is 15.2. The van der Waals surface area contributed by atoms with E-state index in [0.29, 0.717) is 15.7 Å². The van der Waals surface area contributed by atoms with Crippen LogP contribution in [0.5, 0.6) is 0 Å². The van der Waals surface area contributed by atoms with Crippen LogP contribution >= 0.6 is 23.2 Å². The third-order valence-electron chi connectivity index (χ3n) is 3.73. The number of carbonyl (C=O) groups excluding carboxylic acids is 3. The summed E-state index contributed by atoms with van der Waals surface area (Å²) in [6.45, 7) is 1.92. The Morgan fingerprint density at radius 3 is 2.32 bits per heavy atom. The van der Waals surface area contributed by atoms with E-state index in [9.17, 15) is 14.4 Å². The van der Waals surface area contributed by atoms with Gasteiger partial charge < -0.3 is 20.1 Å². The number of carbonyl (C=O) groups is 3. The van der Waals surface area contributed by atoms with Crippen molar-refractivity contribution in [3.8, 4) is 0 Å². The van der Waals surface area contributed by atoms with Crippen LogP contribution in [0.25, 0.3) is 0 Å². The molecule has 0 radical (unpaired) electrons. The largest absolute Gasteiger partial charge is 0.469 e. The van der Waals surface area contributed by atoms with Crippen LogP contribution < -0.4 is 10.6 Å². The molecule has 1 heterocycles. The maximum absolute atomic E-state index is 12.6. The van der Waals surface area contributed by atoms with Crippen molar-refractivity contribution in [1.82, 2.24) is 5.32 Å². The lowest BCUT2D eigenvalue weighted by Gasteiger charge is -2.39. The molecule has 7 nitrogen and oxygen atoms in total. The zero-order chi connectivity index (χ0) is 18.6. The molecule has 2 rings (SSSR count). The molecule has 0 bridgehead atoms. The second-order valence-corrected chi connectivity index (χ2v) is 6.57. The smallest absolute Gasteiger partial charge is 0.307 e. The molecule has 2 N–H and O–H groups in total. The third kappa shape index (κ3) is 4.62. The highest BCUT2D eigenvalue weighted by atomic mass is 35.5. The van der Waals surface area contributed by atoms with Gasteiger partial charge in [0.1, 0.15) is 0 Å². The van der Waals surface area contributed by atoms with Gasteiger partial charge in [0.2, 0.25) is 5.60 Å². The molecule has 2 unspecified atom stereocenters. The SMILES string of the molecule is COC(=O)CC(C)NC(=O)C1(C(=O)Nc2cc(Cl)cc(Cl)c2)CCO1. The topological polar surface area (TPSA) is 93.7 Å². The minimum atomic E-state index is -1.64. The second kappa shape index (κ2) is 8.03. The summed E-state index contributed by atoms with van der Waals surface area (Å²) in [6.07, 6.45) is 0.216. The fraction of sp³-hybridized carbons (Fsp3) is 0.438.